The van der Waals surface area contributed by atoms with Crippen molar-refractivity contribution in [1.29, 1.82) is 0 Å². The van der Waals surface area contributed by atoms with Gasteiger partial charge in [-0.1, -0.05) is 18.2 Å². The third-order valence-electron chi connectivity index (χ3n) is 11.3. The first-order valence-electron chi connectivity index (χ1n) is 22.3. The van der Waals surface area contributed by atoms with Crippen LogP contribution in [-0.4, -0.2) is 72.2 Å². The second-order valence-corrected chi connectivity index (χ2v) is 17.7. The van der Waals surface area contributed by atoms with E-state index in [-0.39, 0.29) is 17.5 Å². The third-order valence-corrected chi connectivity index (χ3v) is 13.7. The van der Waals surface area contributed by atoms with Gasteiger partial charge in [0.1, 0.15) is 47.7 Å². The molecule has 0 spiro atoms. The summed E-state index contributed by atoms with van der Waals surface area (Å²) in [5, 5.41) is 4.63. The lowest BCUT2D eigenvalue weighted by molar-refractivity contribution is 0.0945. The van der Waals surface area contributed by atoms with E-state index in [0.717, 1.165) is 64.1 Å². The average Bonchev–Trinajstić information content (AvgIpc) is 4.00. The highest BCUT2D eigenvalue weighted by molar-refractivity contribution is 7.23. The lowest BCUT2D eigenvalue weighted by atomic mass is 9.97. The van der Waals surface area contributed by atoms with Gasteiger partial charge in [-0.15, -0.1) is 22.7 Å². The molecule has 0 aliphatic rings. The molecule has 9 aromatic rings. The highest BCUT2D eigenvalue weighted by atomic mass is 32.1. The Balaban J connectivity index is 0.000000193. The Hall–Kier alpha value is -7.97. The van der Waals surface area contributed by atoms with Gasteiger partial charge in [-0.3, -0.25) is 14.4 Å². The number of methoxy groups -OCH3 is 4. The van der Waals surface area contributed by atoms with Crippen LogP contribution in [0.5, 0.6) is 34.5 Å². The van der Waals surface area contributed by atoms with Crippen LogP contribution in [0.1, 0.15) is 42.2 Å². The van der Waals surface area contributed by atoms with Crippen LogP contribution in [0.2, 0.25) is 0 Å². The number of thiophene rings is 2. The number of benzene rings is 7. The smallest absolute Gasteiger partial charge is 0.251 e. The molecule has 0 saturated carbocycles. The molecule has 0 saturated heterocycles. The summed E-state index contributed by atoms with van der Waals surface area (Å²) in [5.41, 5.74) is 10.5. The molecule has 0 unspecified atom stereocenters. The third kappa shape index (κ3) is 11.1. The van der Waals surface area contributed by atoms with E-state index < -0.39 is 0 Å². The zero-order chi connectivity index (χ0) is 49.0. The topological polar surface area (TPSA) is 145 Å². The number of hydrogen-bond donors (Lipinski definition) is 2. The van der Waals surface area contributed by atoms with E-state index >= 15 is 0 Å². The zero-order valence-corrected chi connectivity index (χ0v) is 40.6. The molecular formula is C57H50N2O9S2. The summed E-state index contributed by atoms with van der Waals surface area (Å²) in [7, 11) is 6.53. The quantitative estimate of drug-likeness (QED) is 0.0630. The van der Waals surface area contributed by atoms with Crippen molar-refractivity contribution in [2.24, 2.45) is 5.73 Å². The molecule has 7 aromatic carbocycles. The van der Waals surface area contributed by atoms with E-state index in [0.29, 0.717) is 65.6 Å². The number of ether oxygens (including phenoxy) is 6. The highest BCUT2D eigenvalue weighted by Gasteiger charge is 2.24. The SMILES string of the molecule is COc1ccc(-c2sc3cc(OC)ccc3c2C(=O)c2ccc(OCCN)cc2)cc1.COc1ccc(-c2sc3cc(OC)ccc3c2C(=O)c2ccc(OCCNC(=O)c3ccccc3)cc2)cc1. The molecule has 1 amide bonds. The number of nitrogens with two attached hydrogens (primary N) is 1. The van der Waals surface area contributed by atoms with Crippen molar-refractivity contribution in [1.82, 2.24) is 5.32 Å². The molecule has 0 bridgehead atoms. The predicted octanol–water partition coefficient (Wildman–Crippen LogP) is 11.8. The summed E-state index contributed by atoms with van der Waals surface area (Å²) in [6, 6.07) is 50.3. The van der Waals surface area contributed by atoms with Crippen molar-refractivity contribution in [2.45, 2.75) is 0 Å². The van der Waals surface area contributed by atoms with Gasteiger partial charge in [-0.25, -0.2) is 0 Å². The van der Waals surface area contributed by atoms with Gasteiger partial charge in [-0.05, 0) is 157 Å². The maximum Gasteiger partial charge on any atom is 0.251 e. The molecule has 0 aliphatic heterocycles. The van der Waals surface area contributed by atoms with Crippen LogP contribution in [0, 0.1) is 0 Å². The van der Waals surface area contributed by atoms with Crippen LogP contribution in [-0.2, 0) is 0 Å². The average molecular weight is 971 g/mol. The molecule has 3 N–H and O–H groups in total. The Bertz CT molecular complexity index is 3220. The fourth-order valence-corrected chi connectivity index (χ4v) is 10.1. The van der Waals surface area contributed by atoms with E-state index in [4.69, 9.17) is 34.2 Å². The fourth-order valence-electron chi connectivity index (χ4n) is 7.65. The number of hydrogen-bond acceptors (Lipinski definition) is 12. The maximum absolute atomic E-state index is 13.8. The maximum atomic E-state index is 13.8. The molecule has 9 rings (SSSR count). The number of carbonyl (C=O) groups is 3. The number of carbonyl (C=O) groups excluding carboxylic acids is 3. The van der Waals surface area contributed by atoms with Crippen LogP contribution in [0.4, 0.5) is 0 Å². The van der Waals surface area contributed by atoms with E-state index in [1.807, 2.05) is 103 Å². The van der Waals surface area contributed by atoms with Crippen molar-refractivity contribution in [3.05, 3.63) is 192 Å². The fraction of sp³-hybridized carbons (Fsp3) is 0.140. The first kappa shape index (κ1) is 48.5. The van der Waals surface area contributed by atoms with Gasteiger partial charge in [-0.2, -0.15) is 0 Å². The minimum atomic E-state index is -0.145. The second kappa shape index (κ2) is 22.9. The van der Waals surface area contributed by atoms with E-state index in [1.165, 1.54) is 0 Å². The van der Waals surface area contributed by atoms with E-state index in [9.17, 15) is 14.4 Å². The van der Waals surface area contributed by atoms with Crippen molar-refractivity contribution >= 4 is 60.3 Å². The molecule has 354 valence electrons. The normalized spacial score (nSPS) is 10.8. The van der Waals surface area contributed by atoms with Gasteiger partial charge in [0.25, 0.3) is 5.91 Å². The molecule has 0 aliphatic carbocycles. The molecule has 11 nitrogen and oxygen atoms in total. The summed E-state index contributed by atoms with van der Waals surface area (Å²) < 4.78 is 34.7. The number of fused-ring (bicyclic) bond motifs is 2. The minimum Gasteiger partial charge on any atom is -0.497 e. The van der Waals surface area contributed by atoms with Gasteiger partial charge < -0.3 is 39.5 Å². The second-order valence-electron chi connectivity index (χ2n) is 15.6. The Labute approximate surface area is 413 Å². The number of ketones is 2. The first-order valence-corrected chi connectivity index (χ1v) is 23.9. The Kier molecular flexibility index (Phi) is 15.9. The zero-order valence-electron chi connectivity index (χ0n) is 39.0. The summed E-state index contributed by atoms with van der Waals surface area (Å²) in [5.74, 6) is 4.09. The lowest BCUT2D eigenvalue weighted by Gasteiger charge is -2.09. The van der Waals surface area contributed by atoms with Crippen molar-refractivity contribution in [3.8, 4) is 55.4 Å². The molecule has 0 fully saturated rings. The van der Waals surface area contributed by atoms with Gasteiger partial charge in [0, 0.05) is 64.3 Å². The first-order chi connectivity index (χ1) is 34.2. The summed E-state index contributed by atoms with van der Waals surface area (Å²) in [6.45, 7) is 1.55. The molecular weight excluding hydrogens is 921 g/mol. The van der Waals surface area contributed by atoms with Gasteiger partial charge in [0.2, 0.25) is 0 Å². The van der Waals surface area contributed by atoms with Crippen LogP contribution in [0.15, 0.2) is 164 Å². The van der Waals surface area contributed by atoms with Crippen LogP contribution in [0.3, 0.4) is 0 Å². The Morgan fingerprint density at radius 1 is 0.457 bits per heavy atom. The summed E-state index contributed by atoms with van der Waals surface area (Å²) in [4.78, 5) is 41.4. The van der Waals surface area contributed by atoms with Gasteiger partial charge >= 0.3 is 0 Å². The Morgan fingerprint density at radius 2 is 0.857 bits per heavy atom. The summed E-state index contributed by atoms with van der Waals surface area (Å²) >= 11 is 3.14. The molecule has 2 aromatic heterocycles. The molecule has 13 heteroatoms. The van der Waals surface area contributed by atoms with Crippen molar-refractivity contribution in [2.75, 3.05) is 54.7 Å². The monoisotopic (exact) mass is 970 g/mol. The van der Waals surface area contributed by atoms with Gasteiger partial charge in [0.15, 0.2) is 11.6 Å². The molecule has 0 radical (unpaired) electrons. The van der Waals surface area contributed by atoms with E-state index in [2.05, 4.69) is 5.32 Å². The highest BCUT2D eigenvalue weighted by Crippen LogP contribution is 2.43. The number of rotatable bonds is 18. The van der Waals surface area contributed by atoms with Crippen LogP contribution >= 0.6 is 22.7 Å². The Morgan fingerprint density at radius 3 is 1.27 bits per heavy atom. The van der Waals surface area contributed by atoms with Crippen molar-refractivity contribution in [3.63, 3.8) is 0 Å². The number of nitrogens with one attached hydrogen (secondary N) is 1. The van der Waals surface area contributed by atoms with Crippen LogP contribution in [0.25, 0.3) is 41.1 Å². The predicted molar refractivity (Wildman–Crippen MR) is 279 cm³/mol. The van der Waals surface area contributed by atoms with Gasteiger partial charge in [0.05, 0.1) is 35.0 Å². The molecule has 0 atom stereocenters. The lowest BCUT2D eigenvalue weighted by Crippen LogP contribution is -2.28. The minimum absolute atomic E-state index is 0.0346. The van der Waals surface area contributed by atoms with E-state index in [1.54, 1.807) is 112 Å². The van der Waals surface area contributed by atoms with Crippen LogP contribution < -0.4 is 39.5 Å². The molecule has 2 heterocycles. The van der Waals surface area contributed by atoms with Crippen molar-refractivity contribution < 1.29 is 42.8 Å². The molecule has 70 heavy (non-hydrogen) atoms. The standard InChI is InChI=1S/C32H27NO5S.C25H23NO4S/c1-36-24-12-10-22(11-13-24)31-29(27-17-16-26(37-2)20-28(27)39-31)30(34)21-8-14-25(15-9-21)38-19-18-33-32(35)23-6-4-3-5-7-23;1-28-18-7-5-17(6-8-18)25-23(21-12-11-20(29-2)15-22(21)31-25)24(27)16-3-9-19(10-4-16)30-14-13-26/h3-17,20H,18-19H2,1-2H3,(H,33,35);3-12,15H,13-14,26H2,1-2H3. The summed E-state index contributed by atoms with van der Waals surface area (Å²) in [6.07, 6.45) is 0. The number of amides is 1. The largest absolute Gasteiger partial charge is 0.497 e.